The Balaban J connectivity index is 2.14. The van der Waals surface area contributed by atoms with Gasteiger partial charge in [0.05, 0.1) is 12.7 Å². The molecule has 0 aliphatic rings. The number of phenols is 1. The van der Waals surface area contributed by atoms with E-state index in [9.17, 15) is 14.7 Å². The molecule has 2 aromatic carbocycles. The largest absolute Gasteiger partial charge is 0.504 e. The maximum Gasteiger partial charge on any atom is 0.335 e. The van der Waals surface area contributed by atoms with E-state index in [1.807, 2.05) is 0 Å². The molecule has 0 heterocycles. The van der Waals surface area contributed by atoms with Crippen LogP contribution in [0.1, 0.15) is 20.7 Å². The van der Waals surface area contributed by atoms with Crippen molar-refractivity contribution < 1.29 is 24.5 Å². The molecule has 1 amide bonds. The molecular weight excluding hydrogens is 274 g/mol. The predicted molar refractivity (Wildman–Crippen MR) is 76.0 cm³/mol. The minimum atomic E-state index is -1.03. The summed E-state index contributed by atoms with van der Waals surface area (Å²) in [7, 11) is 1.42. The number of aromatic hydroxyl groups is 1. The van der Waals surface area contributed by atoms with E-state index in [0.717, 1.165) is 0 Å². The average molecular weight is 287 g/mol. The van der Waals surface area contributed by atoms with E-state index in [1.54, 1.807) is 0 Å². The second kappa shape index (κ2) is 5.96. The number of aromatic carboxylic acids is 1. The number of hydrogen-bond acceptors (Lipinski definition) is 4. The molecule has 0 saturated carbocycles. The maximum absolute atomic E-state index is 12.0. The number of benzene rings is 2. The Hall–Kier alpha value is -3.02. The van der Waals surface area contributed by atoms with Gasteiger partial charge in [0.1, 0.15) is 0 Å². The Bertz CT molecular complexity index is 679. The van der Waals surface area contributed by atoms with Gasteiger partial charge >= 0.3 is 5.97 Å². The Kier molecular flexibility index (Phi) is 4.08. The van der Waals surface area contributed by atoms with E-state index < -0.39 is 11.9 Å². The van der Waals surface area contributed by atoms with Crippen LogP contribution < -0.4 is 10.1 Å². The minimum Gasteiger partial charge on any atom is -0.504 e. The lowest BCUT2D eigenvalue weighted by Gasteiger charge is -2.08. The number of amides is 1. The standard InChI is InChI=1S/C15H13NO5/c1-21-13-7-4-10(8-12(13)17)14(18)16-11-5-2-9(3-6-11)15(19)20/h2-8,17H,1H3,(H,16,18)(H,19,20). The minimum absolute atomic E-state index is 0.133. The van der Waals surface area contributed by atoms with Gasteiger partial charge in [-0.15, -0.1) is 0 Å². The van der Waals surface area contributed by atoms with Crippen LogP contribution in [0, 0.1) is 0 Å². The van der Waals surface area contributed by atoms with E-state index >= 15 is 0 Å². The van der Waals surface area contributed by atoms with Gasteiger partial charge in [-0.05, 0) is 42.5 Å². The number of anilines is 1. The maximum atomic E-state index is 12.0. The quantitative estimate of drug-likeness (QED) is 0.802. The molecule has 0 unspecified atom stereocenters. The molecule has 108 valence electrons. The van der Waals surface area contributed by atoms with E-state index in [-0.39, 0.29) is 22.6 Å². The molecule has 3 N–H and O–H groups in total. The zero-order chi connectivity index (χ0) is 15.4. The fourth-order valence-electron chi connectivity index (χ4n) is 1.73. The molecular formula is C15H13NO5. The van der Waals surface area contributed by atoms with Crippen LogP contribution in [0.3, 0.4) is 0 Å². The van der Waals surface area contributed by atoms with E-state index in [1.165, 1.54) is 49.6 Å². The van der Waals surface area contributed by atoms with Crippen LogP contribution in [0.5, 0.6) is 11.5 Å². The van der Waals surface area contributed by atoms with Crippen molar-refractivity contribution >= 4 is 17.6 Å². The van der Waals surface area contributed by atoms with Gasteiger partial charge < -0.3 is 20.3 Å². The second-order valence-corrected chi connectivity index (χ2v) is 4.22. The molecule has 0 spiro atoms. The number of hydrogen-bond donors (Lipinski definition) is 3. The van der Waals surface area contributed by atoms with Gasteiger partial charge in [-0.25, -0.2) is 4.79 Å². The molecule has 0 aliphatic heterocycles. The van der Waals surface area contributed by atoms with Crippen LogP contribution >= 0.6 is 0 Å². The summed E-state index contributed by atoms with van der Waals surface area (Å²) in [5, 5.41) is 21.0. The van der Waals surface area contributed by atoms with E-state index in [2.05, 4.69) is 5.32 Å². The molecule has 21 heavy (non-hydrogen) atoms. The van der Waals surface area contributed by atoms with Gasteiger partial charge in [0.2, 0.25) is 0 Å². The number of phenolic OH excluding ortho intramolecular Hbond substituents is 1. The lowest BCUT2D eigenvalue weighted by molar-refractivity contribution is 0.0696. The highest BCUT2D eigenvalue weighted by atomic mass is 16.5. The zero-order valence-electron chi connectivity index (χ0n) is 11.2. The fraction of sp³-hybridized carbons (Fsp3) is 0.0667. The Morgan fingerprint density at radius 2 is 1.67 bits per heavy atom. The van der Waals surface area contributed by atoms with E-state index in [0.29, 0.717) is 5.69 Å². The molecule has 0 atom stereocenters. The smallest absolute Gasteiger partial charge is 0.335 e. The van der Waals surface area contributed by atoms with Crippen molar-refractivity contribution in [1.29, 1.82) is 0 Å². The molecule has 0 aliphatic carbocycles. The van der Waals surface area contributed by atoms with Crippen molar-refractivity contribution in [2.75, 3.05) is 12.4 Å². The van der Waals surface area contributed by atoms with Crippen LogP contribution in [0.2, 0.25) is 0 Å². The molecule has 0 fully saturated rings. The number of carboxylic acids is 1. The summed E-state index contributed by atoms with van der Waals surface area (Å²) in [5.41, 5.74) is 0.853. The van der Waals surface area contributed by atoms with Crippen molar-refractivity contribution in [3.63, 3.8) is 0 Å². The first-order chi connectivity index (χ1) is 10.0. The molecule has 6 heteroatoms. The van der Waals surface area contributed by atoms with Gasteiger partial charge in [0, 0.05) is 11.3 Å². The summed E-state index contributed by atoms with van der Waals surface area (Å²) in [6.45, 7) is 0. The van der Waals surface area contributed by atoms with Gasteiger partial charge in [-0.2, -0.15) is 0 Å². The first-order valence-corrected chi connectivity index (χ1v) is 6.03. The topological polar surface area (TPSA) is 95.9 Å². The van der Waals surface area contributed by atoms with Crippen LogP contribution in [0.25, 0.3) is 0 Å². The van der Waals surface area contributed by atoms with Gasteiger partial charge in [0.15, 0.2) is 11.5 Å². The summed E-state index contributed by atoms with van der Waals surface area (Å²) in [4.78, 5) is 22.7. The van der Waals surface area contributed by atoms with Crippen LogP contribution in [0.15, 0.2) is 42.5 Å². The lowest BCUT2D eigenvalue weighted by Crippen LogP contribution is -2.12. The highest BCUT2D eigenvalue weighted by molar-refractivity contribution is 6.04. The van der Waals surface area contributed by atoms with Crippen LogP contribution in [0.4, 0.5) is 5.69 Å². The highest BCUT2D eigenvalue weighted by Crippen LogP contribution is 2.26. The van der Waals surface area contributed by atoms with Gasteiger partial charge in [-0.1, -0.05) is 0 Å². The van der Waals surface area contributed by atoms with Gasteiger partial charge in [-0.3, -0.25) is 4.79 Å². The monoisotopic (exact) mass is 287 g/mol. The van der Waals surface area contributed by atoms with Crippen molar-refractivity contribution in [2.24, 2.45) is 0 Å². The highest BCUT2D eigenvalue weighted by Gasteiger charge is 2.10. The lowest BCUT2D eigenvalue weighted by atomic mass is 10.1. The molecule has 2 aromatic rings. The number of ether oxygens (including phenoxy) is 1. The Morgan fingerprint density at radius 3 is 2.19 bits per heavy atom. The first kappa shape index (κ1) is 14.4. The molecule has 6 nitrogen and oxygen atoms in total. The average Bonchev–Trinajstić information content (AvgIpc) is 2.47. The van der Waals surface area contributed by atoms with E-state index in [4.69, 9.17) is 9.84 Å². The third kappa shape index (κ3) is 3.30. The van der Waals surface area contributed by atoms with Crippen LogP contribution in [-0.4, -0.2) is 29.2 Å². The number of rotatable bonds is 4. The summed E-state index contributed by atoms with van der Waals surface area (Å²) in [6, 6.07) is 10.1. The summed E-state index contributed by atoms with van der Waals surface area (Å²) in [6.07, 6.45) is 0. The van der Waals surface area contributed by atoms with Crippen molar-refractivity contribution in [3.05, 3.63) is 53.6 Å². The van der Waals surface area contributed by atoms with Crippen LogP contribution in [-0.2, 0) is 0 Å². The molecule has 2 rings (SSSR count). The normalized spacial score (nSPS) is 9.95. The van der Waals surface area contributed by atoms with Crippen molar-refractivity contribution in [3.8, 4) is 11.5 Å². The third-order valence-corrected chi connectivity index (χ3v) is 2.83. The second-order valence-electron chi connectivity index (χ2n) is 4.22. The SMILES string of the molecule is COc1ccc(C(=O)Nc2ccc(C(=O)O)cc2)cc1O. The third-order valence-electron chi connectivity index (χ3n) is 2.83. The number of carbonyl (C=O) groups excluding carboxylic acids is 1. The number of carboxylic acid groups (broad SMARTS) is 1. The van der Waals surface area contributed by atoms with Gasteiger partial charge in [0.25, 0.3) is 5.91 Å². The Labute approximate surface area is 120 Å². The first-order valence-electron chi connectivity index (χ1n) is 6.03. The number of carbonyl (C=O) groups is 2. The number of nitrogens with one attached hydrogen (secondary N) is 1. The fourth-order valence-corrected chi connectivity index (χ4v) is 1.73. The predicted octanol–water partition coefficient (Wildman–Crippen LogP) is 2.35. The molecule has 0 saturated heterocycles. The summed E-state index contributed by atoms with van der Waals surface area (Å²) < 4.78 is 4.90. The van der Waals surface area contributed by atoms with Crippen molar-refractivity contribution in [1.82, 2.24) is 0 Å². The summed E-state index contributed by atoms with van der Waals surface area (Å²) in [5.74, 6) is -1.31. The number of methoxy groups -OCH3 is 1. The molecule has 0 aromatic heterocycles. The molecule has 0 bridgehead atoms. The van der Waals surface area contributed by atoms with Crippen molar-refractivity contribution in [2.45, 2.75) is 0 Å². The summed E-state index contributed by atoms with van der Waals surface area (Å²) >= 11 is 0. The Morgan fingerprint density at radius 1 is 1.05 bits per heavy atom. The molecule has 0 radical (unpaired) electrons. The zero-order valence-corrected chi connectivity index (χ0v) is 11.2.